The van der Waals surface area contributed by atoms with Crippen LogP contribution in [-0.4, -0.2) is 42.8 Å². The molecule has 0 radical (unpaired) electrons. The second kappa shape index (κ2) is 6.08. The second-order valence-corrected chi connectivity index (χ2v) is 5.16. The van der Waals surface area contributed by atoms with Gasteiger partial charge in [-0.05, 0) is 25.2 Å². The van der Waals surface area contributed by atoms with Crippen molar-refractivity contribution in [2.24, 2.45) is 5.92 Å². The molecule has 1 heterocycles. The van der Waals surface area contributed by atoms with Gasteiger partial charge >= 0.3 is 12.1 Å². The number of carbonyl (C=O) groups excluding carboxylic acids is 2. The van der Waals surface area contributed by atoms with Gasteiger partial charge in [0.15, 0.2) is 0 Å². The molecule has 19 heavy (non-hydrogen) atoms. The Kier molecular flexibility index (Phi) is 4.45. The number of likely N-dealkylation sites (tertiary alicyclic amines) is 1. The van der Waals surface area contributed by atoms with Crippen LogP contribution in [0.15, 0.2) is 12.7 Å². The maximum Gasteiger partial charge on any atom is 0.411 e. The normalized spacial score (nSPS) is 29.5. The molecule has 5 nitrogen and oxygen atoms in total. The van der Waals surface area contributed by atoms with E-state index in [2.05, 4.69) is 6.58 Å². The topological polar surface area (TPSA) is 55.8 Å². The molecule has 0 aromatic carbocycles. The van der Waals surface area contributed by atoms with Gasteiger partial charge in [-0.1, -0.05) is 25.5 Å². The van der Waals surface area contributed by atoms with Gasteiger partial charge in [0.1, 0.15) is 12.6 Å². The summed E-state index contributed by atoms with van der Waals surface area (Å²) in [7, 11) is 1.36. The molecular weight excluding hydrogens is 246 g/mol. The highest BCUT2D eigenvalue weighted by molar-refractivity contribution is 5.82. The van der Waals surface area contributed by atoms with Crippen molar-refractivity contribution in [1.82, 2.24) is 4.90 Å². The average molecular weight is 267 g/mol. The smallest absolute Gasteiger partial charge is 0.411 e. The van der Waals surface area contributed by atoms with E-state index in [1.807, 2.05) is 0 Å². The van der Waals surface area contributed by atoms with Crippen molar-refractivity contribution in [3.63, 3.8) is 0 Å². The summed E-state index contributed by atoms with van der Waals surface area (Å²) in [5.41, 5.74) is 0. The lowest BCUT2D eigenvalue weighted by Gasteiger charge is -2.32. The van der Waals surface area contributed by atoms with Crippen LogP contribution in [0.4, 0.5) is 4.79 Å². The van der Waals surface area contributed by atoms with E-state index >= 15 is 0 Å². The van der Waals surface area contributed by atoms with Gasteiger partial charge in [-0.25, -0.2) is 9.59 Å². The number of fused-ring (bicyclic) bond motifs is 1. The Morgan fingerprint density at radius 2 is 2.11 bits per heavy atom. The molecule has 2 fully saturated rings. The zero-order chi connectivity index (χ0) is 13.8. The van der Waals surface area contributed by atoms with Gasteiger partial charge in [-0.3, -0.25) is 4.90 Å². The third-order valence-electron chi connectivity index (χ3n) is 4.10. The van der Waals surface area contributed by atoms with Gasteiger partial charge in [0, 0.05) is 6.04 Å². The van der Waals surface area contributed by atoms with Crippen molar-refractivity contribution in [2.45, 2.75) is 44.2 Å². The Balaban J connectivity index is 2.14. The molecule has 2 aliphatic rings. The molecule has 0 N–H and O–H groups in total. The molecule has 0 aromatic heterocycles. The molecule has 0 spiro atoms. The second-order valence-electron chi connectivity index (χ2n) is 5.16. The maximum absolute atomic E-state index is 12.1. The van der Waals surface area contributed by atoms with E-state index in [-0.39, 0.29) is 18.6 Å². The summed E-state index contributed by atoms with van der Waals surface area (Å²) in [6.07, 6.45) is 6.08. The van der Waals surface area contributed by atoms with E-state index < -0.39 is 12.1 Å². The Morgan fingerprint density at radius 1 is 1.37 bits per heavy atom. The zero-order valence-corrected chi connectivity index (χ0v) is 11.3. The highest BCUT2D eigenvalue weighted by Gasteiger charge is 2.48. The molecular formula is C14H21NO4. The third kappa shape index (κ3) is 2.74. The van der Waals surface area contributed by atoms with Crippen molar-refractivity contribution in [2.75, 3.05) is 13.7 Å². The Hall–Kier alpha value is -1.52. The minimum atomic E-state index is -0.490. The van der Waals surface area contributed by atoms with Crippen molar-refractivity contribution >= 4 is 12.1 Å². The van der Waals surface area contributed by atoms with E-state index in [1.165, 1.54) is 19.6 Å². The van der Waals surface area contributed by atoms with Gasteiger partial charge in [-0.2, -0.15) is 0 Å². The largest absolute Gasteiger partial charge is 0.467 e. The molecule has 3 unspecified atom stereocenters. The number of rotatable bonds is 3. The van der Waals surface area contributed by atoms with Crippen LogP contribution in [0.3, 0.4) is 0 Å². The first-order chi connectivity index (χ1) is 9.19. The number of carbonyl (C=O) groups is 2. The molecule has 1 aliphatic heterocycles. The molecule has 106 valence electrons. The summed E-state index contributed by atoms with van der Waals surface area (Å²) < 4.78 is 9.93. The lowest BCUT2D eigenvalue weighted by molar-refractivity contribution is -0.145. The SMILES string of the molecule is C=CCOC(=O)N1C(C(=O)OC)CC2CCCCC21. The summed E-state index contributed by atoms with van der Waals surface area (Å²) in [6.45, 7) is 3.69. The van der Waals surface area contributed by atoms with E-state index in [9.17, 15) is 9.59 Å². The fraction of sp³-hybridized carbons (Fsp3) is 0.714. The van der Waals surface area contributed by atoms with Gasteiger partial charge < -0.3 is 9.47 Å². The van der Waals surface area contributed by atoms with Crippen molar-refractivity contribution in [1.29, 1.82) is 0 Å². The molecule has 2 rings (SSSR count). The summed E-state index contributed by atoms with van der Waals surface area (Å²) >= 11 is 0. The molecule has 1 aliphatic carbocycles. The lowest BCUT2D eigenvalue weighted by Crippen LogP contribution is -2.46. The molecule has 0 aromatic rings. The van der Waals surface area contributed by atoms with E-state index in [0.717, 1.165) is 19.3 Å². The number of hydrogen-bond donors (Lipinski definition) is 0. The van der Waals surface area contributed by atoms with Crippen molar-refractivity contribution < 1.29 is 19.1 Å². The number of nitrogens with zero attached hydrogens (tertiary/aromatic N) is 1. The highest BCUT2D eigenvalue weighted by atomic mass is 16.6. The minimum Gasteiger partial charge on any atom is -0.467 e. The average Bonchev–Trinajstić information content (AvgIpc) is 2.83. The predicted molar refractivity (Wildman–Crippen MR) is 69.6 cm³/mol. The van der Waals surface area contributed by atoms with E-state index in [1.54, 1.807) is 4.90 Å². The molecule has 3 atom stereocenters. The first kappa shape index (κ1) is 13.9. The summed E-state index contributed by atoms with van der Waals surface area (Å²) in [5.74, 6) is 0.0547. The van der Waals surface area contributed by atoms with Crippen LogP contribution in [0.25, 0.3) is 0 Å². The van der Waals surface area contributed by atoms with E-state index in [0.29, 0.717) is 12.3 Å². The fourth-order valence-corrected chi connectivity index (χ4v) is 3.27. The Labute approximate surface area is 113 Å². The van der Waals surface area contributed by atoms with Crippen LogP contribution < -0.4 is 0 Å². The van der Waals surface area contributed by atoms with Gasteiger partial charge in [0.2, 0.25) is 0 Å². The van der Waals surface area contributed by atoms with Crippen molar-refractivity contribution in [3.8, 4) is 0 Å². The number of hydrogen-bond acceptors (Lipinski definition) is 4. The van der Waals surface area contributed by atoms with Crippen LogP contribution in [0.5, 0.6) is 0 Å². The van der Waals surface area contributed by atoms with Crippen LogP contribution >= 0.6 is 0 Å². The van der Waals surface area contributed by atoms with Crippen LogP contribution in [0.1, 0.15) is 32.1 Å². The third-order valence-corrected chi connectivity index (χ3v) is 4.10. The maximum atomic E-state index is 12.1. The molecule has 1 saturated carbocycles. The number of esters is 1. The summed E-state index contributed by atoms with van der Waals surface area (Å²) in [6, 6.07) is -0.370. The van der Waals surface area contributed by atoms with Crippen LogP contribution in [0.2, 0.25) is 0 Å². The first-order valence-corrected chi connectivity index (χ1v) is 6.82. The predicted octanol–water partition coefficient (Wildman–Crippen LogP) is 2.12. The molecule has 1 amide bonds. The highest BCUT2D eigenvalue weighted by Crippen LogP contribution is 2.40. The quantitative estimate of drug-likeness (QED) is 0.580. The van der Waals surface area contributed by atoms with Gasteiger partial charge in [0.25, 0.3) is 0 Å². The fourth-order valence-electron chi connectivity index (χ4n) is 3.27. The molecule has 0 bridgehead atoms. The number of ether oxygens (including phenoxy) is 2. The zero-order valence-electron chi connectivity index (χ0n) is 11.3. The Bertz CT molecular complexity index is 368. The molecule has 1 saturated heterocycles. The molecule has 5 heteroatoms. The number of methoxy groups -OCH3 is 1. The van der Waals surface area contributed by atoms with Gasteiger partial charge in [-0.15, -0.1) is 0 Å². The van der Waals surface area contributed by atoms with Gasteiger partial charge in [0.05, 0.1) is 7.11 Å². The first-order valence-electron chi connectivity index (χ1n) is 6.82. The monoisotopic (exact) mass is 267 g/mol. The minimum absolute atomic E-state index is 0.121. The number of amides is 1. The van der Waals surface area contributed by atoms with Crippen LogP contribution in [-0.2, 0) is 14.3 Å². The lowest BCUT2D eigenvalue weighted by atomic mass is 9.85. The Morgan fingerprint density at radius 3 is 2.79 bits per heavy atom. The summed E-state index contributed by atoms with van der Waals surface area (Å²) in [5, 5.41) is 0. The summed E-state index contributed by atoms with van der Waals surface area (Å²) in [4.78, 5) is 25.6. The van der Waals surface area contributed by atoms with Crippen molar-refractivity contribution in [3.05, 3.63) is 12.7 Å². The standard InChI is InChI=1S/C14H21NO4/c1-3-8-19-14(17)15-11-7-5-4-6-10(11)9-12(15)13(16)18-2/h3,10-12H,1,4-9H2,2H3. The van der Waals surface area contributed by atoms with Crippen LogP contribution in [0, 0.1) is 5.92 Å². The van der Waals surface area contributed by atoms with E-state index in [4.69, 9.17) is 9.47 Å².